The maximum atomic E-state index is 12.8. The van der Waals surface area contributed by atoms with Gasteiger partial charge in [-0.3, -0.25) is 4.79 Å². The van der Waals surface area contributed by atoms with E-state index in [9.17, 15) is 4.79 Å². The smallest absolute Gasteiger partial charge is 0.282 e. The van der Waals surface area contributed by atoms with Gasteiger partial charge in [-0.15, -0.1) is 0 Å². The molecule has 0 aromatic heterocycles. The van der Waals surface area contributed by atoms with Crippen LogP contribution in [0, 0.1) is 6.92 Å². The van der Waals surface area contributed by atoms with Crippen LogP contribution in [0.25, 0.3) is 0 Å². The van der Waals surface area contributed by atoms with Crippen molar-refractivity contribution in [1.29, 1.82) is 0 Å². The van der Waals surface area contributed by atoms with Crippen molar-refractivity contribution in [2.45, 2.75) is 26.4 Å². The molecule has 1 fully saturated rings. The molecule has 168 valence electrons. The third-order valence-corrected chi connectivity index (χ3v) is 5.95. The molecule has 1 heterocycles. The van der Waals surface area contributed by atoms with Crippen molar-refractivity contribution in [2.75, 3.05) is 57.8 Å². The third-order valence-electron chi connectivity index (χ3n) is 5.95. The first-order chi connectivity index (χ1) is 14.9. The predicted octanol–water partition coefficient (Wildman–Crippen LogP) is 1.89. The minimum atomic E-state index is -0.216. The molecule has 0 radical (unpaired) electrons. The van der Waals surface area contributed by atoms with Gasteiger partial charge in [0, 0.05) is 30.0 Å². The highest BCUT2D eigenvalue weighted by Crippen LogP contribution is 2.30. The molecule has 1 aliphatic rings. The summed E-state index contributed by atoms with van der Waals surface area (Å²) in [5.41, 5.74) is 4.21. The number of amides is 1. The maximum absolute atomic E-state index is 12.8. The van der Waals surface area contributed by atoms with E-state index in [2.05, 4.69) is 22.3 Å². The molecule has 0 spiro atoms. The minimum absolute atomic E-state index is 0.00486. The fourth-order valence-electron chi connectivity index (χ4n) is 3.72. The van der Waals surface area contributed by atoms with E-state index >= 15 is 0 Å². The van der Waals surface area contributed by atoms with Crippen LogP contribution >= 0.6 is 0 Å². The second kappa shape index (κ2) is 10.5. The summed E-state index contributed by atoms with van der Waals surface area (Å²) in [5.74, 6) is 1.41. The number of hydrogen-bond acceptors (Lipinski definition) is 5. The molecule has 2 N–H and O–H groups in total. The number of nitrogens with one attached hydrogen (secondary N) is 2. The quantitative estimate of drug-likeness (QED) is 0.672. The Balaban J connectivity index is 1.60. The first kappa shape index (κ1) is 22.9. The lowest BCUT2D eigenvalue weighted by molar-refractivity contribution is -0.907. The van der Waals surface area contributed by atoms with E-state index in [1.807, 2.05) is 45.2 Å². The summed E-state index contributed by atoms with van der Waals surface area (Å²) >= 11 is 0. The molecule has 0 aliphatic carbocycles. The maximum Gasteiger partial charge on any atom is 0.282 e. The largest absolute Gasteiger partial charge is 0.493 e. The molecule has 2 aromatic carbocycles. The predicted molar refractivity (Wildman–Crippen MR) is 122 cm³/mol. The normalized spacial score (nSPS) is 15.8. The van der Waals surface area contributed by atoms with E-state index in [4.69, 9.17) is 14.2 Å². The number of benzene rings is 2. The van der Waals surface area contributed by atoms with Crippen LogP contribution in [-0.4, -0.2) is 59.5 Å². The van der Waals surface area contributed by atoms with Crippen molar-refractivity contribution < 1.29 is 23.9 Å². The number of morpholine rings is 1. The molecule has 1 amide bonds. The highest BCUT2D eigenvalue weighted by atomic mass is 16.5. The standard InChI is InChI=1S/C24H33N3O4/c1-17-14-22(29-4)23(30-5)15-19(17)16-26(3)18(2)24(28)25-20-6-8-21(9-7-20)27-10-12-31-13-11-27/h6-9,14-15,18H,10-13,16H2,1-5H3,(H,25,28)/p+1/t18-/m0/s1. The van der Waals surface area contributed by atoms with Crippen LogP contribution in [0.1, 0.15) is 18.1 Å². The third kappa shape index (κ3) is 5.68. The SMILES string of the molecule is COc1cc(C)c(C[NH+](C)[C@@H](C)C(=O)Nc2ccc(N3CCOCC3)cc2)cc1OC. The molecular formula is C24H34N3O4+. The summed E-state index contributed by atoms with van der Waals surface area (Å²) in [6.45, 7) is 8.00. The van der Waals surface area contributed by atoms with E-state index in [-0.39, 0.29) is 11.9 Å². The van der Waals surface area contributed by atoms with Gasteiger partial charge in [0.2, 0.25) is 0 Å². The van der Waals surface area contributed by atoms with Gasteiger partial charge in [0.25, 0.3) is 5.91 Å². The van der Waals surface area contributed by atoms with Crippen molar-refractivity contribution in [3.05, 3.63) is 47.5 Å². The molecule has 7 nitrogen and oxygen atoms in total. The summed E-state index contributed by atoms with van der Waals surface area (Å²) in [6, 6.07) is 11.8. The lowest BCUT2D eigenvalue weighted by Gasteiger charge is -2.29. The van der Waals surface area contributed by atoms with Crippen molar-refractivity contribution in [1.82, 2.24) is 0 Å². The molecule has 1 aliphatic heterocycles. The van der Waals surface area contributed by atoms with Gasteiger partial charge in [-0.05, 0) is 55.8 Å². The number of rotatable bonds is 8. The highest BCUT2D eigenvalue weighted by Gasteiger charge is 2.23. The molecule has 0 bridgehead atoms. The van der Waals surface area contributed by atoms with Crippen LogP contribution < -0.4 is 24.6 Å². The second-order valence-corrected chi connectivity index (χ2v) is 8.01. The summed E-state index contributed by atoms with van der Waals surface area (Å²) in [7, 11) is 5.30. The molecule has 0 saturated carbocycles. The monoisotopic (exact) mass is 428 g/mol. The van der Waals surface area contributed by atoms with Crippen LogP contribution in [0.15, 0.2) is 36.4 Å². The number of anilines is 2. The molecule has 31 heavy (non-hydrogen) atoms. The average Bonchev–Trinajstić information content (AvgIpc) is 2.80. The summed E-state index contributed by atoms with van der Waals surface area (Å²) in [4.78, 5) is 16.2. The minimum Gasteiger partial charge on any atom is -0.493 e. The van der Waals surface area contributed by atoms with Crippen molar-refractivity contribution in [2.24, 2.45) is 0 Å². The first-order valence-electron chi connectivity index (χ1n) is 10.7. The van der Waals surface area contributed by atoms with E-state index in [1.165, 1.54) is 0 Å². The van der Waals surface area contributed by atoms with Gasteiger partial charge in [0.15, 0.2) is 17.5 Å². The van der Waals surface area contributed by atoms with Crippen LogP contribution in [-0.2, 0) is 16.1 Å². The van der Waals surface area contributed by atoms with Crippen LogP contribution in [0.5, 0.6) is 11.5 Å². The molecule has 2 atom stereocenters. The fourth-order valence-corrected chi connectivity index (χ4v) is 3.72. The fraction of sp³-hybridized carbons (Fsp3) is 0.458. The highest BCUT2D eigenvalue weighted by molar-refractivity contribution is 5.93. The van der Waals surface area contributed by atoms with E-state index in [0.717, 1.165) is 53.7 Å². The topological polar surface area (TPSA) is 64.5 Å². The van der Waals surface area contributed by atoms with Crippen molar-refractivity contribution in [3.63, 3.8) is 0 Å². The van der Waals surface area contributed by atoms with Crippen LogP contribution in [0.2, 0.25) is 0 Å². The van der Waals surface area contributed by atoms with Gasteiger partial charge in [-0.25, -0.2) is 0 Å². The van der Waals surface area contributed by atoms with Gasteiger partial charge in [-0.2, -0.15) is 0 Å². The molecular weight excluding hydrogens is 394 g/mol. The van der Waals surface area contributed by atoms with E-state index in [0.29, 0.717) is 18.0 Å². The number of likely N-dealkylation sites (N-methyl/N-ethyl adjacent to an activating group) is 1. The Bertz CT molecular complexity index is 879. The number of hydrogen-bond donors (Lipinski definition) is 2. The number of ether oxygens (including phenoxy) is 3. The van der Waals surface area contributed by atoms with Crippen molar-refractivity contribution in [3.8, 4) is 11.5 Å². The molecule has 2 aromatic rings. The molecule has 1 unspecified atom stereocenters. The second-order valence-electron chi connectivity index (χ2n) is 8.01. The van der Waals surface area contributed by atoms with Gasteiger partial charge >= 0.3 is 0 Å². The summed E-state index contributed by atoms with van der Waals surface area (Å²) in [6.07, 6.45) is 0. The summed E-state index contributed by atoms with van der Waals surface area (Å²) < 4.78 is 16.2. The van der Waals surface area contributed by atoms with Gasteiger partial charge < -0.3 is 29.3 Å². The zero-order valence-electron chi connectivity index (χ0n) is 19.2. The lowest BCUT2D eigenvalue weighted by Crippen LogP contribution is -3.12. The molecule has 3 rings (SSSR count). The Labute approximate surface area is 184 Å². The Hall–Kier alpha value is -2.77. The Morgan fingerprint density at radius 1 is 1.13 bits per heavy atom. The van der Waals surface area contributed by atoms with Gasteiger partial charge in [0.1, 0.15) is 6.54 Å². The molecule has 7 heteroatoms. The number of aryl methyl sites for hydroxylation is 1. The van der Waals surface area contributed by atoms with Crippen LogP contribution in [0.4, 0.5) is 11.4 Å². The van der Waals surface area contributed by atoms with Crippen molar-refractivity contribution >= 4 is 17.3 Å². The number of quaternary nitrogens is 1. The Kier molecular flexibility index (Phi) is 7.76. The molecule has 1 saturated heterocycles. The number of carbonyl (C=O) groups excluding carboxylic acids is 1. The van der Waals surface area contributed by atoms with Gasteiger partial charge in [-0.1, -0.05) is 0 Å². The van der Waals surface area contributed by atoms with Gasteiger partial charge in [0.05, 0.1) is 34.5 Å². The van der Waals surface area contributed by atoms with Crippen LogP contribution in [0.3, 0.4) is 0 Å². The summed E-state index contributed by atoms with van der Waals surface area (Å²) in [5, 5.41) is 3.05. The average molecular weight is 429 g/mol. The zero-order chi connectivity index (χ0) is 22.4. The van der Waals surface area contributed by atoms with E-state index in [1.54, 1.807) is 14.2 Å². The number of nitrogens with zero attached hydrogens (tertiary/aromatic N) is 1. The zero-order valence-corrected chi connectivity index (χ0v) is 19.2. The Morgan fingerprint density at radius 2 is 1.74 bits per heavy atom. The number of methoxy groups -OCH3 is 2. The lowest BCUT2D eigenvalue weighted by atomic mass is 10.1. The first-order valence-corrected chi connectivity index (χ1v) is 10.7. The Morgan fingerprint density at radius 3 is 2.35 bits per heavy atom. The number of carbonyl (C=O) groups is 1. The van der Waals surface area contributed by atoms with E-state index < -0.39 is 0 Å².